The molecule has 28 heavy (non-hydrogen) atoms. The van der Waals surface area contributed by atoms with E-state index >= 15 is 0 Å². The van der Waals surface area contributed by atoms with Crippen LogP contribution in [0.5, 0.6) is 5.75 Å². The van der Waals surface area contributed by atoms with Gasteiger partial charge in [0, 0.05) is 10.6 Å². The van der Waals surface area contributed by atoms with Crippen LogP contribution in [0, 0.1) is 0 Å². The first-order chi connectivity index (χ1) is 13.4. The fraction of sp³-hybridized carbons (Fsp3) is 0. The third-order valence-electron chi connectivity index (χ3n) is 3.58. The number of benzene rings is 3. The summed E-state index contributed by atoms with van der Waals surface area (Å²) in [6, 6.07) is 20.6. The number of nitrogens with one attached hydrogen (secondary N) is 1. The predicted octanol–water partition coefficient (Wildman–Crippen LogP) is 3.87. The van der Waals surface area contributed by atoms with Crippen molar-refractivity contribution in [2.75, 3.05) is 0 Å². The second-order valence-electron chi connectivity index (χ2n) is 5.63. The largest absolute Gasteiger partial charge is 0.379 e. The lowest BCUT2D eigenvalue weighted by atomic mass is 10.2. The molecule has 0 aromatic heterocycles. The summed E-state index contributed by atoms with van der Waals surface area (Å²) in [5, 5.41) is 4.40. The van der Waals surface area contributed by atoms with Crippen molar-refractivity contribution in [2.24, 2.45) is 5.10 Å². The molecule has 0 spiro atoms. The molecule has 0 saturated heterocycles. The van der Waals surface area contributed by atoms with Crippen LogP contribution in [-0.2, 0) is 10.1 Å². The number of nitrogens with zero attached hydrogens (tertiary/aromatic N) is 1. The molecule has 3 aromatic rings. The standard InChI is InChI=1S/C20H15ClN2O4S/c21-17-11-9-16(10-12-17)20(24)23-22-14-15-5-4-6-18(13-15)27-28(25,26)19-7-2-1-3-8-19/h1-14H,(H,23,24)/b22-14-. The third-order valence-corrected chi connectivity index (χ3v) is 5.10. The topological polar surface area (TPSA) is 84.8 Å². The molecule has 0 atom stereocenters. The van der Waals surface area contributed by atoms with E-state index in [9.17, 15) is 13.2 Å². The van der Waals surface area contributed by atoms with Crippen LogP contribution in [0.25, 0.3) is 0 Å². The van der Waals surface area contributed by atoms with E-state index in [4.69, 9.17) is 15.8 Å². The van der Waals surface area contributed by atoms with Gasteiger partial charge < -0.3 is 4.18 Å². The zero-order chi connectivity index (χ0) is 20.0. The molecule has 142 valence electrons. The summed E-state index contributed by atoms with van der Waals surface area (Å²) in [4.78, 5) is 12.0. The highest BCUT2D eigenvalue weighted by molar-refractivity contribution is 7.87. The number of rotatable bonds is 6. The van der Waals surface area contributed by atoms with Crippen molar-refractivity contribution in [3.8, 4) is 5.75 Å². The Labute approximate surface area is 167 Å². The maximum atomic E-state index is 12.3. The molecule has 0 heterocycles. The van der Waals surface area contributed by atoms with Gasteiger partial charge in [-0.1, -0.05) is 41.9 Å². The zero-order valence-electron chi connectivity index (χ0n) is 14.4. The molecule has 3 aromatic carbocycles. The van der Waals surface area contributed by atoms with Crippen molar-refractivity contribution in [3.05, 3.63) is 95.0 Å². The molecule has 3 rings (SSSR count). The molecule has 0 radical (unpaired) electrons. The maximum Gasteiger partial charge on any atom is 0.339 e. The smallest absolute Gasteiger partial charge is 0.339 e. The van der Waals surface area contributed by atoms with Gasteiger partial charge in [0.1, 0.15) is 10.6 Å². The van der Waals surface area contributed by atoms with E-state index in [2.05, 4.69) is 10.5 Å². The Kier molecular flexibility index (Phi) is 6.08. The van der Waals surface area contributed by atoms with E-state index in [1.54, 1.807) is 54.6 Å². The van der Waals surface area contributed by atoms with Crippen LogP contribution in [0.3, 0.4) is 0 Å². The highest BCUT2D eigenvalue weighted by atomic mass is 35.5. The summed E-state index contributed by atoms with van der Waals surface area (Å²) < 4.78 is 29.7. The molecule has 6 nitrogen and oxygen atoms in total. The highest BCUT2D eigenvalue weighted by Gasteiger charge is 2.15. The van der Waals surface area contributed by atoms with Crippen molar-refractivity contribution in [2.45, 2.75) is 4.90 Å². The van der Waals surface area contributed by atoms with Crippen molar-refractivity contribution < 1.29 is 17.4 Å². The maximum absolute atomic E-state index is 12.3. The second-order valence-corrected chi connectivity index (χ2v) is 7.61. The summed E-state index contributed by atoms with van der Waals surface area (Å²) in [6.45, 7) is 0. The van der Waals surface area contributed by atoms with Gasteiger partial charge in [-0.3, -0.25) is 4.79 Å². The first-order valence-electron chi connectivity index (χ1n) is 8.13. The molecule has 0 aliphatic rings. The van der Waals surface area contributed by atoms with E-state index in [0.717, 1.165) is 0 Å². The van der Waals surface area contributed by atoms with Crippen LogP contribution in [0.15, 0.2) is 88.9 Å². The number of hydrazone groups is 1. The van der Waals surface area contributed by atoms with Crippen LogP contribution in [0.4, 0.5) is 0 Å². The number of carbonyl (C=O) groups excluding carboxylic acids is 1. The molecule has 0 bridgehead atoms. The van der Waals surface area contributed by atoms with Gasteiger partial charge in [-0.2, -0.15) is 13.5 Å². The van der Waals surface area contributed by atoms with Crippen molar-refractivity contribution in [1.82, 2.24) is 5.43 Å². The second kappa shape index (κ2) is 8.69. The Morgan fingerprint density at radius 3 is 2.39 bits per heavy atom. The lowest BCUT2D eigenvalue weighted by Crippen LogP contribution is -2.17. The Morgan fingerprint density at radius 2 is 1.68 bits per heavy atom. The van der Waals surface area contributed by atoms with Gasteiger partial charge in [0.05, 0.1) is 6.21 Å². The zero-order valence-corrected chi connectivity index (χ0v) is 16.0. The minimum absolute atomic E-state index is 0.0595. The van der Waals surface area contributed by atoms with Crippen molar-refractivity contribution >= 4 is 33.8 Å². The minimum Gasteiger partial charge on any atom is -0.379 e. The van der Waals surface area contributed by atoms with Crippen LogP contribution in [-0.4, -0.2) is 20.5 Å². The Balaban J connectivity index is 1.67. The number of carbonyl (C=O) groups is 1. The fourth-order valence-electron chi connectivity index (χ4n) is 2.24. The molecule has 1 amide bonds. The SMILES string of the molecule is O=C(N/N=C\c1cccc(OS(=O)(=O)c2ccccc2)c1)c1ccc(Cl)cc1. The lowest BCUT2D eigenvalue weighted by Gasteiger charge is -2.07. The van der Waals surface area contributed by atoms with Gasteiger partial charge in [-0.15, -0.1) is 0 Å². The Morgan fingerprint density at radius 1 is 0.964 bits per heavy atom. The van der Waals surface area contributed by atoms with Gasteiger partial charge in [0.15, 0.2) is 0 Å². The monoisotopic (exact) mass is 414 g/mol. The number of amides is 1. The first kappa shape index (κ1) is 19.6. The average Bonchev–Trinajstić information content (AvgIpc) is 2.69. The molecule has 0 unspecified atom stereocenters. The van der Waals surface area contributed by atoms with E-state index < -0.39 is 16.0 Å². The van der Waals surface area contributed by atoms with E-state index in [-0.39, 0.29) is 10.6 Å². The lowest BCUT2D eigenvalue weighted by molar-refractivity contribution is 0.0955. The summed E-state index contributed by atoms with van der Waals surface area (Å²) in [7, 11) is -3.93. The Bertz CT molecular complexity index is 1100. The minimum atomic E-state index is -3.93. The van der Waals surface area contributed by atoms with Crippen LogP contribution >= 0.6 is 11.6 Å². The number of halogens is 1. The molecule has 0 aliphatic heterocycles. The average molecular weight is 415 g/mol. The Hall–Kier alpha value is -3.16. The van der Waals surface area contributed by atoms with Crippen LogP contribution in [0.2, 0.25) is 5.02 Å². The fourth-order valence-corrected chi connectivity index (χ4v) is 3.31. The van der Waals surface area contributed by atoms with E-state index in [0.29, 0.717) is 16.1 Å². The summed E-state index contributed by atoms with van der Waals surface area (Å²) in [5.74, 6) is -0.260. The first-order valence-corrected chi connectivity index (χ1v) is 9.91. The molecule has 0 saturated carbocycles. The third kappa shape index (κ3) is 5.18. The van der Waals surface area contributed by atoms with Crippen molar-refractivity contribution in [3.63, 3.8) is 0 Å². The van der Waals surface area contributed by atoms with Gasteiger partial charge in [0.25, 0.3) is 5.91 Å². The number of hydrogen-bond acceptors (Lipinski definition) is 5. The van der Waals surface area contributed by atoms with Crippen LogP contribution in [0.1, 0.15) is 15.9 Å². The quantitative estimate of drug-likeness (QED) is 0.377. The molecule has 0 fully saturated rings. The summed E-state index contributed by atoms with van der Waals surface area (Å²) >= 11 is 5.78. The number of hydrogen-bond donors (Lipinski definition) is 1. The molecule has 1 N–H and O–H groups in total. The normalized spacial score (nSPS) is 11.3. The molecular formula is C20H15ClN2O4S. The van der Waals surface area contributed by atoms with Gasteiger partial charge in [-0.05, 0) is 54.1 Å². The van der Waals surface area contributed by atoms with Gasteiger partial charge >= 0.3 is 10.1 Å². The van der Waals surface area contributed by atoms with Gasteiger partial charge in [-0.25, -0.2) is 5.43 Å². The predicted molar refractivity (Wildman–Crippen MR) is 107 cm³/mol. The highest BCUT2D eigenvalue weighted by Crippen LogP contribution is 2.19. The van der Waals surface area contributed by atoms with E-state index in [1.165, 1.54) is 30.5 Å². The molecular weight excluding hydrogens is 400 g/mol. The van der Waals surface area contributed by atoms with Gasteiger partial charge in [0.2, 0.25) is 0 Å². The van der Waals surface area contributed by atoms with Crippen molar-refractivity contribution in [1.29, 1.82) is 0 Å². The summed E-state index contributed by atoms with van der Waals surface area (Å²) in [6.07, 6.45) is 1.38. The summed E-state index contributed by atoms with van der Waals surface area (Å²) in [5.41, 5.74) is 3.35. The molecule has 0 aliphatic carbocycles. The van der Waals surface area contributed by atoms with Crippen LogP contribution < -0.4 is 9.61 Å². The van der Waals surface area contributed by atoms with E-state index in [1.807, 2.05) is 0 Å². The molecule has 8 heteroatoms.